The van der Waals surface area contributed by atoms with Crippen molar-refractivity contribution in [1.29, 1.82) is 0 Å². The molecule has 8 heteroatoms. The Kier molecular flexibility index (Phi) is 6.04. The Morgan fingerprint density at radius 1 is 0.962 bits per heavy atom. The molecule has 0 unspecified atom stereocenters. The third-order valence-corrected chi connectivity index (χ3v) is 4.48. The third kappa shape index (κ3) is 5.11. The minimum Gasteiger partial charge on any atom is -0.332 e. The number of benzene rings is 2. The van der Waals surface area contributed by atoms with Crippen LogP contribution in [0.25, 0.3) is 0 Å². The van der Waals surface area contributed by atoms with E-state index in [2.05, 4.69) is 15.7 Å². The standard InChI is InChI=1S/C18H15Cl3N4S/c1-11-6-17(24-25(11)10-12-2-4-13(19)5-3-12)23-18(26)22-16-8-14(20)7-15(21)9-16/h2-9H,10H2,1H3,(H2,22,23,24,26). The summed E-state index contributed by atoms with van der Waals surface area (Å²) >= 11 is 23.2. The number of rotatable bonds is 4. The lowest BCUT2D eigenvalue weighted by atomic mass is 10.2. The first-order chi connectivity index (χ1) is 12.4. The zero-order chi connectivity index (χ0) is 18.7. The van der Waals surface area contributed by atoms with Crippen molar-refractivity contribution in [3.8, 4) is 0 Å². The molecule has 0 amide bonds. The molecule has 0 saturated heterocycles. The normalized spacial score (nSPS) is 10.6. The summed E-state index contributed by atoms with van der Waals surface area (Å²) in [5.41, 5.74) is 2.83. The molecule has 134 valence electrons. The first kappa shape index (κ1) is 19.0. The number of thiocarbonyl (C=S) groups is 1. The fourth-order valence-electron chi connectivity index (χ4n) is 2.40. The van der Waals surface area contributed by atoms with E-state index in [4.69, 9.17) is 47.0 Å². The van der Waals surface area contributed by atoms with Gasteiger partial charge in [-0.05, 0) is 55.0 Å². The number of hydrogen-bond acceptors (Lipinski definition) is 2. The summed E-state index contributed by atoms with van der Waals surface area (Å²) in [4.78, 5) is 0. The molecule has 0 fully saturated rings. The van der Waals surface area contributed by atoms with Gasteiger partial charge in [0.25, 0.3) is 0 Å². The molecule has 3 aromatic rings. The Labute approximate surface area is 172 Å². The smallest absolute Gasteiger partial charge is 0.176 e. The van der Waals surface area contributed by atoms with Crippen LogP contribution in [0, 0.1) is 6.92 Å². The Balaban J connectivity index is 1.66. The Morgan fingerprint density at radius 2 is 1.62 bits per heavy atom. The van der Waals surface area contributed by atoms with Gasteiger partial charge in [-0.15, -0.1) is 0 Å². The maximum absolute atomic E-state index is 5.99. The predicted octanol–water partition coefficient (Wildman–Crippen LogP) is 6.01. The van der Waals surface area contributed by atoms with Crippen LogP contribution in [-0.2, 0) is 6.54 Å². The minimum absolute atomic E-state index is 0.402. The second-order valence-electron chi connectivity index (χ2n) is 5.69. The SMILES string of the molecule is Cc1cc(NC(=S)Nc2cc(Cl)cc(Cl)c2)nn1Cc1ccc(Cl)cc1. The lowest BCUT2D eigenvalue weighted by Crippen LogP contribution is -2.19. The molecular weight excluding hydrogens is 411 g/mol. The highest BCUT2D eigenvalue weighted by Crippen LogP contribution is 2.22. The van der Waals surface area contributed by atoms with Crippen LogP contribution >= 0.6 is 47.0 Å². The summed E-state index contributed by atoms with van der Waals surface area (Å²) in [6, 6.07) is 14.8. The summed E-state index contributed by atoms with van der Waals surface area (Å²) < 4.78 is 1.89. The molecule has 0 radical (unpaired) electrons. The van der Waals surface area contributed by atoms with E-state index in [1.54, 1.807) is 18.2 Å². The van der Waals surface area contributed by atoms with Gasteiger partial charge in [0.1, 0.15) is 0 Å². The fraction of sp³-hybridized carbons (Fsp3) is 0.111. The van der Waals surface area contributed by atoms with E-state index in [0.29, 0.717) is 38.2 Å². The van der Waals surface area contributed by atoms with Crippen molar-refractivity contribution < 1.29 is 0 Å². The number of anilines is 2. The highest BCUT2D eigenvalue weighted by molar-refractivity contribution is 7.80. The van der Waals surface area contributed by atoms with Gasteiger partial charge in [-0.2, -0.15) is 5.10 Å². The van der Waals surface area contributed by atoms with Gasteiger partial charge < -0.3 is 10.6 Å². The summed E-state index contributed by atoms with van der Waals surface area (Å²) in [7, 11) is 0. The zero-order valence-electron chi connectivity index (χ0n) is 13.8. The molecule has 2 N–H and O–H groups in total. The lowest BCUT2D eigenvalue weighted by Gasteiger charge is -2.09. The number of halogens is 3. The predicted molar refractivity (Wildman–Crippen MR) is 114 cm³/mol. The van der Waals surface area contributed by atoms with Crippen molar-refractivity contribution in [3.05, 3.63) is 74.9 Å². The van der Waals surface area contributed by atoms with Crippen LogP contribution in [0.15, 0.2) is 48.5 Å². The molecular formula is C18H15Cl3N4S. The molecule has 1 aromatic heterocycles. The second-order valence-corrected chi connectivity index (χ2v) is 7.41. The maximum atomic E-state index is 5.99. The quantitative estimate of drug-likeness (QED) is 0.502. The van der Waals surface area contributed by atoms with E-state index >= 15 is 0 Å². The van der Waals surface area contributed by atoms with Crippen molar-refractivity contribution in [1.82, 2.24) is 9.78 Å². The summed E-state index contributed by atoms with van der Waals surface area (Å²) in [6.45, 7) is 2.64. The monoisotopic (exact) mass is 424 g/mol. The highest BCUT2D eigenvalue weighted by atomic mass is 35.5. The maximum Gasteiger partial charge on any atom is 0.176 e. The van der Waals surface area contributed by atoms with Gasteiger partial charge in [0.15, 0.2) is 10.9 Å². The van der Waals surface area contributed by atoms with Crippen molar-refractivity contribution in [2.75, 3.05) is 10.6 Å². The number of nitrogens with one attached hydrogen (secondary N) is 2. The van der Waals surface area contributed by atoms with Gasteiger partial charge in [-0.3, -0.25) is 4.68 Å². The number of hydrogen-bond donors (Lipinski definition) is 2. The van der Waals surface area contributed by atoms with E-state index in [9.17, 15) is 0 Å². The zero-order valence-corrected chi connectivity index (χ0v) is 16.8. The molecule has 0 aliphatic rings. The molecule has 4 nitrogen and oxygen atoms in total. The van der Waals surface area contributed by atoms with Crippen LogP contribution in [0.4, 0.5) is 11.5 Å². The number of aromatic nitrogens is 2. The summed E-state index contributed by atoms with van der Waals surface area (Å²) in [5, 5.41) is 12.8. The molecule has 1 heterocycles. The first-order valence-corrected chi connectivity index (χ1v) is 9.26. The fourth-order valence-corrected chi connectivity index (χ4v) is 3.27. The molecule has 0 bridgehead atoms. The molecule has 0 aliphatic carbocycles. The van der Waals surface area contributed by atoms with Crippen LogP contribution in [-0.4, -0.2) is 14.9 Å². The Morgan fingerprint density at radius 3 is 2.27 bits per heavy atom. The minimum atomic E-state index is 0.402. The molecule has 2 aromatic carbocycles. The third-order valence-electron chi connectivity index (χ3n) is 3.59. The first-order valence-electron chi connectivity index (χ1n) is 7.72. The van der Waals surface area contributed by atoms with Crippen LogP contribution in [0.2, 0.25) is 15.1 Å². The Hall–Kier alpha value is -1.79. The van der Waals surface area contributed by atoms with Gasteiger partial charge >= 0.3 is 0 Å². The highest BCUT2D eigenvalue weighted by Gasteiger charge is 2.08. The summed E-state index contributed by atoms with van der Waals surface area (Å²) in [6.07, 6.45) is 0. The Bertz CT molecular complexity index is 918. The average Bonchev–Trinajstić information content (AvgIpc) is 2.87. The van der Waals surface area contributed by atoms with E-state index in [1.807, 2.05) is 41.9 Å². The summed E-state index contributed by atoms with van der Waals surface area (Å²) in [5.74, 6) is 0.655. The van der Waals surface area contributed by atoms with Crippen LogP contribution in [0.3, 0.4) is 0 Å². The van der Waals surface area contributed by atoms with E-state index in [1.165, 1.54) is 0 Å². The molecule has 3 rings (SSSR count). The van der Waals surface area contributed by atoms with Crippen LogP contribution < -0.4 is 10.6 Å². The molecule has 26 heavy (non-hydrogen) atoms. The van der Waals surface area contributed by atoms with Gasteiger partial charge in [0.2, 0.25) is 0 Å². The van der Waals surface area contributed by atoms with E-state index in [-0.39, 0.29) is 0 Å². The van der Waals surface area contributed by atoms with Crippen molar-refractivity contribution in [2.24, 2.45) is 0 Å². The molecule has 0 atom stereocenters. The van der Waals surface area contributed by atoms with Gasteiger partial charge in [0, 0.05) is 32.5 Å². The van der Waals surface area contributed by atoms with Crippen molar-refractivity contribution >= 4 is 63.6 Å². The molecule has 0 aliphatic heterocycles. The second kappa shape index (κ2) is 8.27. The average molecular weight is 426 g/mol. The topological polar surface area (TPSA) is 41.9 Å². The van der Waals surface area contributed by atoms with E-state index < -0.39 is 0 Å². The van der Waals surface area contributed by atoms with E-state index in [0.717, 1.165) is 11.3 Å². The lowest BCUT2D eigenvalue weighted by molar-refractivity contribution is 0.668. The van der Waals surface area contributed by atoms with Gasteiger partial charge in [-0.25, -0.2) is 0 Å². The van der Waals surface area contributed by atoms with Crippen molar-refractivity contribution in [3.63, 3.8) is 0 Å². The van der Waals surface area contributed by atoms with Crippen LogP contribution in [0.5, 0.6) is 0 Å². The van der Waals surface area contributed by atoms with Gasteiger partial charge in [0.05, 0.1) is 6.54 Å². The molecule has 0 saturated carbocycles. The van der Waals surface area contributed by atoms with Gasteiger partial charge in [-0.1, -0.05) is 46.9 Å². The number of aryl methyl sites for hydroxylation is 1. The number of nitrogens with zero attached hydrogens (tertiary/aromatic N) is 2. The largest absolute Gasteiger partial charge is 0.332 e. The van der Waals surface area contributed by atoms with Crippen LogP contribution in [0.1, 0.15) is 11.3 Å². The molecule has 0 spiro atoms. The van der Waals surface area contributed by atoms with Crippen molar-refractivity contribution in [2.45, 2.75) is 13.5 Å².